The number of amides is 1. The quantitative estimate of drug-likeness (QED) is 0.437. The Hall–Kier alpha value is -4.40. The molecule has 168 valence electrons. The van der Waals surface area contributed by atoms with Crippen molar-refractivity contribution >= 4 is 11.7 Å². The van der Waals surface area contributed by atoms with Gasteiger partial charge in [-0.25, -0.2) is 9.37 Å². The number of anilines is 1. The first-order valence-corrected chi connectivity index (χ1v) is 9.99. The minimum absolute atomic E-state index is 0.259. The van der Waals surface area contributed by atoms with Gasteiger partial charge in [0.15, 0.2) is 23.9 Å². The van der Waals surface area contributed by atoms with Gasteiger partial charge in [-0.3, -0.25) is 4.79 Å². The highest BCUT2D eigenvalue weighted by Gasteiger charge is 2.16. The number of halogens is 1. The molecule has 9 heteroatoms. The van der Waals surface area contributed by atoms with E-state index in [2.05, 4.69) is 15.4 Å². The van der Waals surface area contributed by atoms with Crippen LogP contribution in [-0.2, 0) is 4.79 Å². The van der Waals surface area contributed by atoms with E-state index in [1.54, 1.807) is 50.7 Å². The summed E-state index contributed by atoms with van der Waals surface area (Å²) < 4.78 is 30.7. The Balaban J connectivity index is 1.60. The molecular formula is C24H21FN4O4. The molecule has 8 nitrogen and oxygen atoms in total. The van der Waals surface area contributed by atoms with E-state index in [0.29, 0.717) is 34.6 Å². The van der Waals surface area contributed by atoms with E-state index in [4.69, 9.17) is 14.2 Å². The van der Waals surface area contributed by atoms with Gasteiger partial charge in [0.1, 0.15) is 17.4 Å². The molecule has 2 aromatic carbocycles. The maximum atomic E-state index is 13.0. The van der Waals surface area contributed by atoms with E-state index >= 15 is 0 Å². The van der Waals surface area contributed by atoms with Crippen molar-refractivity contribution < 1.29 is 23.4 Å². The van der Waals surface area contributed by atoms with Crippen molar-refractivity contribution in [3.63, 3.8) is 0 Å². The molecule has 0 saturated heterocycles. The van der Waals surface area contributed by atoms with Crippen LogP contribution < -0.4 is 19.5 Å². The molecule has 0 aliphatic heterocycles. The Bertz CT molecular complexity index is 1240. The third-order valence-corrected chi connectivity index (χ3v) is 4.71. The van der Waals surface area contributed by atoms with Gasteiger partial charge < -0.3 is 19.5 Å². The number of carbonyl (C=O) groups is 1. The van der Waals surface area contributed by atoms with Crippen LogP contribution >= 0.6 is 0 Å². The lowest BCUT2D eigenvalue weighted by Crippen LogP contribution is -2.22. The summed E-state index contributed by atoms with van der Waals surface area (Å²) in [5, 5.41) is 7.42. The zero-order chi connectivity index (χ0) is 23.2. The number of pyridine rings is 1. The molecule has 2 heterocycles. The summed E-state index contributed by atoms with van der Waals surface area (Å²) in [4.78, 5) is 16.9. The fraction of sp³-hybridized carbons (Fsp3) is 0.125. The number of nitrogens with one attached hydrogen (secondary N) is 1. The van der Waals surface area contributed by atoms with Crippen molar-refractivity contribution in [1.29, 1.82) is 0 Å². The molecule has 0 bridgehead atoms. The number of aromatic nitrogens is 3. The summed E-state index contributed by atoms with van der Waals surface area (Å²) in [5.41, 5.74) is 1.36. The van der Waals surface area contributed by atoms with E-state index < -0.39 is 5.91 Å². The van der Waals surface area contributed by atoms with Crippen LogP contribution in [0.15, 0.2) is 72.9 Å². The first-order valence-electron chi connectivity index (χ1n) is 9.99. The Morgan fingerprint density at radius 3 is 2.48 bits per heavy atom. The third-order valence-electron chi connectivity index (χ3n) is 4.71. The molecule has 0 radical (unpaired) electrons. The SMILES string of the molecule is COc1ccc(-c2cc(NC(=O)COc3ccc(F)cc3)n(-c3ccccn3)n2)cc1OC. The second-order valence-corrected chi connectivity index (χ2v) is 6.88. The molecule has 4 rings (SSSR count). The highest BCUT2D eigenvalue weighted by molar-refractivity contribution is 5.92. The highest BCUT2D eigenvalue weighted by atomic mass is 19.1. The number of carbonyl (C=O) groups excluding carboxylic acids is 1. The number of ether oxygens (including phenoxy) is 3. The average Bonchev–Trinajstić information content (AvgIpc) is 3.27. The van der Waals surface area contributed by atoms with Crippen LogP contribution in [0.5, 0.6) is 17.2 Å². The largest absolute Gasteiger partial charge is 0.493 e. The van der Waals surface area contributed by atoms with E-state index in [0.717, 1.165) is 5.56 Å². The van der Waals surface area contributed by atoms with Gasteiger partial charge in [0.05, 0.1) is 19.9 Å². The van der Waals surface area contributed by atoms with Crippen molar-refractivity contribution in [3.05, 3.63) is 78.7 Å². The van der Waals surface area contributed by atoms with Crippen LogP contribution in [0, 0.1) is 5.82 Å². The molecule has 0 saturated carbocycles. The number of benzene rings is 2. The molecule has 0 aliphatic carbocycles. The number of methoxy groups -OCH3 is 2. The summed E-state index contributed by atoms with van der Waals surface area (Å²) >= 11 is 0. The van der Waals surface area contributed by atoms with Gasteiger partial charge in [-0.15, -0.1) is 0 Å². The van der Waals surface area contributed by atoms with Gasteiger partial charge in [-0.05, 0) is 54.6 Å². The fourth-order valence-electron chi connectivity index (χ4n) is 3.12. The molecule has 2 aromatic heterocycles. The lowest BCUT2D eigenvalue weighted by molar-refractivity contribution is -0.118. The summed E-state index contributed by atoms with van der Waals surface area (Å²) in [6, 6.07) is 18.0. The van der Waals surface area contributed by atoms with Crippen LogP contribution in [-0.4, -0.2) is 41.5 Å². The molecule has 33 heavy (non-hydrogen) atoms. The van der Waals surface area contributed by atoms with E-state index in [1.807, 2.05) is 12.1 Å². The highest BCUT2D eigenvalue weighted by Crippen LogP contribution is 2.33. The topological polar surface area (TPSA) is 87.5 Å². The van der Waals surface area contributed by atoms with Crippen LogP contribution in [0.1, 0.15) is 0 Å². The van der Waals surface area contributed by atoms with Gasteiger partial charge in [-0.2, -0.15) is 9.78 Å². The Kier molecular flexibility index (Phi) is 6.49. The average molecular weight is 448 g/mol. The molecule has 1 amide bonds. The molecule has 0 aliphatic rings. The maximum Gasteiger partial charge on any atom is 0.263 e. The standard InChI is InChI=1S/C24H21FN4O4/c1-31-20-11-6-16(13-21(20)32-2)19-14-23(29(28-19)22-5-3-4-12-26-22)27-24(30)15-33-18-9-7-17(25)8-10-18/h3-14H,15H2,1-2H3,(H,27,30). The van der Waals surface area contributed by atoms with E-state index in [9.17, 15) is 9.18 Å². The van der Waals surface area contributed by atoms with Gasteiger partial charge >= 0.3 is 0 Å². The Morgan fingerprint density at radius 1 is 1.00 bits per heavy atom. The van der Waals surface area contributed by atoms with Gasteiger partial charge in [0.2, 0.25) is 0 Å². The zero-order valence-electron chi connectivity index (χ0n) is 18.0. The molecule has 0 fully saturated rings. The number of hydrogen-bond acceptors (Lipinski definition) is 6. The van der Waals surface area contributed by atoms with E-state index in [1.165, 1.54) is 28.9 Å². The van der Waals surface area contributed by atoms with Crippen LogP contribution in [0.25, 0.3) is 17.1 Å². The van der Waals surface area contributed by atoms with Crippen molar-refractivity contribution in [2.75, 3.05) is 26.1 Å². The van der Waals surface area contributed by atoms with Crippen LogP contribution in [0.2, 0.25) is 0 Å². The van der Waals surface area contributed by atoms with Crippen LogP contribution in [0.4, 0.5) is 10.2 Å². The predicted molar refractivity (Wildman–Crippen MR) is 120 cm³/mol. The molecule has 0 atom stereocenters. The minimum Gasteiger partial charge on any atom is -0.493 e. The van der Waals surface area contributed by atoms with Gasteiger partial charge in [-0.1, -0.05) is 6.07 Å². The van der Waals surface area contributed by atoms with Crippen LogP contribution in [0.3, 0.4) is 0 Å². The smallest absolute Gasteiger partial charge is 0.263 e. The summed E-state index contributed by atoms with van der Waals surface area (Å²) in [7, 11) is 3.12. The number of rotatable bonds is 8. The first-order chi connectivity index (χ1) is 16.1. The predicted octanol–water partition coefficient (Wildman–Crippen LogP) is 4.11. The van der Waals surface area contributed by atoms with Crippen molar-refractivity contribution in [3.8, 4) is 34.3 Å². The third kappa shape index (κ3) is 5.09. The lowest BCUT2D eigenvalue weighted by Gasteiger charge is -2.09. The lowest BCUT2D eigenvalue weighted by atomic mass is 10.1. The summed E-state index contributed by atoms with van der Waals surface area (Å²) in [6.45, 7) is -0.259. The maximum absolute atomic E-state index is 13.0. The van der Waals surface area contributed by atoms with Gasteiger partial charge in [0.25, 0.3) is 5.91 Å². The number of nitrogens with zero attached hydrogens (tertiary/aromatic N) is 3. The van der Waals surface area contributed by atoms with Crippen molar-refractivity contribution in [1.82, 2.24) is 14.8 Å². The van der Waals surface area contributed by atoms with Crippen molar-refractivity contribution in [2.45, 2.75) is 0 Å². The molecule has 1 N–H and O–H groups in total. The molecule has 4 aromatic rings. The second-order valence-electron chi connectivity index (χ2n) is 6.88. The summed E-state index contributed by atoms with van der Waals surface area (Å²) in [6.07, 6.45) is 1.64. The normalized spacial score (nSPS) is 10.5. The monoisotopic (exact) mass is 448 g/mol. The Labute approximate surface area is 189 Å². The molecular weight excluding hydrogens is 427 g/mol. The molecule has 0 spiro atoms. The summed E-state index contributed by atoms with van der Waals surface area (Å²) in [5.74, 6) is 1.68. The second kappa shape index (κ2) is 9.82. The van der Waals surface area contributed by atoms with Gasteiger partial charge in [0, 0.05) is 17.8 Å². The Morgan fingerprint density at radius 2 is 1.79 bits per heavy atom. The zero-order valence-corrected chi connectivity index (χ0v) is 18.0. The number of hydrogen-bond donors (Lipinski definition) is 1. The minimum atomic E-state index is -0.407. The van der Waals surface area contributed by atoms with Crippen molar-refractivity contribution in [2.24, 2.45) is 0 Å². The van der Waals surface area contributed by atoms with E-state index in [-0.39, 0.29) is 12.4 Å². The first kappa shape index (κ1) is 21.8. The fourth-order valence-corrected chi connectivity index (χ4v) is 3.12. The molecule has 0 unspecified atom stereocenters.